The molecule has 1 atom stereocenters. The van der Waals surface area contributed by atoms with Crippen LogP contribution in [0.4, 0.5) is 0 Å². The van der Waals surface area contributed by atoms with Gasteiger partial charge < -0.3 is 14.3 Å². The normalized spacial score (nSPS) is 15.7. The Morgan fingerprint density at radius 1 is 1.15 bits per heavy atom. The lowest BCUT2D eigenvalue weighted by Crippen LogP contribution is -2.41. The molecule has 1 aliphatic heterocycles. The fourth-order valence-electron chi connectivity index (χ4n) is 4.30. The molecule has 6 rings (SSSR count). The van der Waals surface area contributed by atoms with Crippen LogP contribution in [0, 0.1) is 13.8 Å². The molecule has 1 aliphatic rings. The summed E-state index contributed by atoms with van der Waals surface area (Å²) in [4.78, 5) is 27.3. The summed E-state index contributed by atoms with van der Waals surface area (Å²) in [5.41, 5.74) is 5.80. The molecule has 5 aromatic heterocycles. The van der Waals surface area contributed by atoms with E-state index >= 15 is 0 Å². The number of hydrogen-bond donors (Lipinski definition) is 1. The summed E-state index contributed by atoms with van der Waals surface area (Å²) in [6.45, 7) is 4.33. The van der Waals surface area contributed by atoms with E-state index in [9.17, 15) is 4.79 Å². The topological polar surface area (TPSA) is 118 Å². The van der Waals surface area contributed by atoms with Crippen LogP contribution in [-0.4, -0.2) is 52.1 Å². The first-order chi connectivity index (χ1) is 16.1. The second-order valence-corrected chi connectivity index (χ2v) is 8.07. The average molecular weight is 440 g/mol. The summed E-state index contributed by atoms with van der Waals surface area (Å²) in [6.07, 6.45) is 2.30. The molecule has 0 radical (unpaired) electrons. The van der Waals surface area contributed by atoms with E-state index in [2.05, 4.69) is 25.1 Å². The van der Waals surface area contributed by atoms with Gasteiger partial charge in [0.1, 0.15) is 11.7 Å². The van der Waals surface area contributed by atoms with Gasteiger partial charge in [0.25, 0.3) is 5.89 Å². The number of fused-ring (bicyclic) bond motifs is 2. The Balaban J connectivity index is 1.40. The molecule has 164 valence electrons. The van der Waals surface area contributed by atoms with Crippen LogP contribution in [0.1, 0.15) is 45.2 Å². The van der Waals surface area contributed by atoms with Crippen molar-refractivity contribution < 1.29 is 9.21 Å². The van der Waals surface area contributed by atoms with Crippen LogP contribution in [0.5, 0.6) is 0 Å². The highest BCUT2D eigenvalue weighted by molar-refractivity contribution is 5.90. The number of imidazole rings is 1. The van der Waals surface area contributed by atoms with E-state index in [0.717, 1.165) is 34.0 Å². The van der Waals surface area contributed by atoms with E-state index in [4.69, 9.17) is 9.52 Å². The van der Waals surface area contributed by atoms with Crippen molar-refractivity contribution in [1.82, 2.24) is 39.7 Å². The molecule has 0 saturated heterocycles. The largest absolute Gasteiger partial charge is 0.411 e. The number of nitrogens with zero attached hydrogens (tertiary/aromatic N) is 7. The number of hydrogen-bond acceptors (Lipinski definition) is 7. The summed E-state index contributed by atoms with van der Waals surface area (Å²) in [5.74, 6) is -0.245. The number of pyridine rings is 2. The lowest BCUT2D eigenvalue weighted by Gasteiger charge is -2.32. The number of aryl methyl sites for hydroxylation is 2. The third-order valence-corrected chi connectivity index (χ3v) is 5.88. The number of H-pyrrole nitrogens is 1. The Hall–Kier alpha value is -4.34. The lowest BCUT2D eigenvalue weighted by atomic mass is 9.99. The Morgan fingerprint density at radius 3 is 2.88 bits per heavy atom. The van der Waals surface area contributed by atoms with Crippen LogP contribution >= 0.6 is 0 Å². The van der Waals surface area contributed by atoms with Crippen molar-refractivity contribution in [2.75, 3.05) is 6.54 Å². The van der Waals surface area contributed by atoms with Crippen LogP contribution < -0.4 is 0 Å². The first-order valence-corrected chi connectivity index (χ1v) is 10.6. The predicted molar refractivity (Wildman–Crippen MR) is 117 cm³/mol. The van der Waals surface area contributed by atoms with Gasteiger partial charge in [0.2, 0.25) is 0 Å². The van der Waals surface area contributed by atoms with Gasteiger partial charge in [-0.25, -0.2) is 14.5 Å². The average Bonchev–Trinajstić information content (AvgIpc) is 3.57. The molecule has 6 heterocycles. The molecule has 0 saturated carbocycles. The van der Waals surface area contributed by atoms with Crippen LogP contribution in [0.15, 0.2) is 53.2 Å². The number of rotatable bonds is 3. The number of carbonyl (C=O) groups is 1. The van der Waals surface area contributed by atoms with Crippen molar-refractivity contribution in [1.29, 1.82) is 0 Å². The molecule has 0 aliphatic carbocycles. The highest BCUT2D eigenvalue weighted by Crippen LogP contribution is 2.34. The smallest absolute Gasteiger partial charge is 0.312 e. The Labute approximate surface area is 188 Å². The first kappa shape index (κ1) is 19.4. The van der Waals surface area contributed by atoms with Crippen LogP contribution in [0.3, 0.4) is 0 Å². The summed E-state index contributed by atoms with van der Waals surface area (Å²) >= 11 is 0. The van der Waals surface area contributed by atoms with Gasteiger partial charge in [-0.1, -0.05) is 12.1 Å². The summed E-state index contributed by atoms with van der Waals surface area (Å²) in [5, 5.41) is 12.9. The Morgan fingerprint density at radius 2 is 2.03 bits per heavy atom. The maximum absolute atomic E-state index is 13.5. The minimum atomic E-state index is -0.473. The quantitative estimate of drug-likeness (QED) is 0.458. The maximum atomic E-state index is 13.5. The Bertz CT molecular complexity index is 1500. The third-order valence-electron chi connectivity index (χ3n) is 5.88. The molecule has 0 aromatic carbocycles. The zero-order valence-corrected chi connectivity index (χ0v) is 18.1. The molecule has 10 heteroatoms. The van der Waals surface area contributed by atoms with Gasteiger partial charge in [-0.2, -0.15) is 5.10 Å². The summed E-state index contributed by atoms with van der Waals surface area (Å²) in [7, 11) is 0. The monoisotopic (exact) mass is 440 g/mol. The fraction of sp³-hybridized carbons (Fsp3) is 0.217. The first-order valence-electron chi connectivity index (χ1n) is 10.6. The third kappa shape index (κ3) is 3.18. The zero-order valence-electron chi connectivity index (χ0n) is 18.1. The lowest BCUT2D eigenvalue weighted by molar-refractivity contribution is 0.0646. The van der Waals surface area contributed by atoms with Gasteiger partial charge >= 0.3 is 11.8 Å². The van der Waals surface area contributed by atoms with Gasteiger partial charge in [-0.05, 0) is 44.2 Å². The van der Waals surface area contributed by atoms with Gasteiger partial charge in [0, 0.05) is 30.0 Å². The molecule has 1 N–H and O–H groups in total. The van der Waals surface area contributed by atoms with Gasteiger partial charge in [-0.3, -0.25) is 4.79 Å². The van der Waals surface area contributed by atoms with Crippen molar-refractivity contribution in [2.24, 2.45) is 0 Å². The number of aromatic amines is 1. The van der Waals surface area contributed by atoms with Crippen molar-refractivity contribution in [3.05, 3.63) is 83.2 Å². The summed E-state index contributed by atoms with van der Waals surface area (Å²) < 4.78 is 7.61. The van der Waals surface area contributed by atoms with Crippen LogP contribution in [0.25, 0.3) is 17.1 Å². The molecule has 1 unspecified atom stereocenters. The predicted octanol–water partition coefficient (Wildman–Crippen LogP) is 2.91. The van der Waals surface area contributed by atoms with Gasteiger partial charge in [0.15, 0.2) is 0 Å². The van der Waals surface area contributed by atoms with E-state index in [1.807, 2.05) is 54.8 Å². The second-order valence-electron chi connectivity index (χ2n) is 8.07. The van der Waals surface area contributed by atoms with E-state index in [-0.39, 0.29) is 17.7 Å². The van der Waals surface area contributed by atoms with E-state index in [1.54, 1.807) is 17.3 Å². The zero-order chi connectivity index (χ0) is 22.5. The highest BCUT2D eigenvalue weighted by atomic mass is 16.4. The number of aromatic nitrogens is 7. The molecule has 10 nitrogen and oxygen atoms in total. The molecule has 1 amide bonds. The van der Waals surface area contributed by atoms with E-state index in [1.165, 1.54) is 0 Å². The molecular weight excluding hydrogens is 420 g/mol. The van der Waals surface area contributed by atoms with E-state index in [0.29, 0.717) is 18.7 Å². The minimum Gasteiger partial charge on any atom is -0.411 e. The van der Waals surface area contributed by atoms with Gasteiger partial charge in [0.05, 0.1) is 23.2 Å². The minimum absolute atomic E-state index is 0.0859. The Kier molecular flexibility index (Phi) is 4.32. The molecule has 33 heavy (non-hydrogen) atoms. The molecule has 5 aromatic rings. The SMILES string of the molecule is Cc1cccc(-c2nnc(C(=O)N3CCc4[nH]cnc4C3c3cc4cccc(C)n4n3)o2)n1. The van der Waals surface area contributed by atoms with Crippen LogP contribution in [0.2, 0.25) is 0 Å². The fourth-order valence-corrected chi connectivity index (χ4v) is 4.30. The molecular formula is C23H20N8O2. The number of amides is 1. The molecule has 0 spiro atoms. The van der Waals surface area contributed by atoms with Crippen molar-refractivity contribution in [3.63, 3.8) is 0 Å². The number of nitrogens with one attached hydrogen (secondary N) is 1. The number of carbonyl (C=O) groups excluding carboxylic acids is 1. The standard InChI is InChI=1S/C23H20N8O2/c1-13-5-3-8-17(26-13)21-27-28-22(33-21)23(32)30-10-9-16-19(25-12-24-16)20(30)18-11-15-7-4-6-14(2)31(15)29-18/h3-8,11-12,20H,9-10H2,1-2H3,(H,24,25). The molecule has 0 fully saturated rings. The second kappa shape index (κ2) is 7.37. The van der Waals surface area contributed by atoms with Gasteiger partial charge in [-0.15, -0.1) is 10.2 Å². The van der Waals surface area contributed by atoms with Crippen LogP contribution in [-0.2, 0) is 6.42 Å². The van der Waals surface area contributed by atoms with Crippen molar-refractivity contribution in [3.8, 4) is 11.6 Å². The van der Waals surface area contributed by atoms with E-state index < -0.39 is 6.04 Å². The molecule has 0 bridgehead atoms. The highest BCUT2D eigenvalue weighted by Gasteiger charge is 2.38. The van der Waals surface area contributed by atoms with Crippen molar-refractivity contribution in [2.45, 2.75) is 26.3 Å². The summed E-state index contributed by atoms with van der Waals surface area (Å²) in [6, 6.07) is 13.0. The maximum Gasteiger partial charge on any atom is 0.312 e. The van der Waals surface area contributed by atoms with Crippen molar-refractivity contribution >= 4 is 11.4 Å².